The number of halogens is 7. The Kier molecular flexibility index (Phi) is 8.06. The van der Waals surface area contributed by atoms with Gasteiger partial charge in [0, 0.05) is 18.7 Å². The van der Waals surface area contributed by atoms with E-state index in [0.29, 0.717) is 0 Å². The first-order valence-electron chi connectivity index (χ1n) is 11.5. The number of aromatic nitrogens is 5. The molecule has 0 aliphatic heterocycles. The molecule has 0 spiro atoms. The first-order valence-corrected chi connectivity index (χ1v) is 11.5. The molecular weight excluding hydrogens is 553 g/mol. The van der Waals surface area contributed by atoms with Crippen LogP contribution in [0.1, 0.15) is 18.9 Å². The highest BCUT2D eigenvalue weighted by atomic mass is 19.4. The number of aromatic amines is 1. The molecule has 0 radical (unpaired) electrons. The standard InChI is InChI=1S/C24H19F7N6O3/c1-11(35-18-9-34-36-21(38)19(18)24(29,30)31)4-13(25)10-37-3-2-12-5-16(17(26)6-15(12)22(37)39)20-32-7-14(8-33-20)40-23(27)28/h2-3,5-9,11,13,23H,4,10H2,1H3,(H2,35,36,38)/t11-,13-/m1/s1. The molecule has 0 fully saturated rings. The number of benzene rings is 1. The predicted molar refractivity (Wildman–Crippen MR) is 128 cm³/mol. The molecule has 4 aromatic rings. The Morgan fingerprint density at radius 1 is 1.10 bits per heavy atom. The van der Waals surface area contributed by atoms with Crippen LogP contribution in [0, 0.1) is 5.82 Å². The van der Waals surface area contributed by atoms with Crippen molar-refractivity contribution in [3.63, 3.8) is 0 Å². The van der Waals surface area contributed by atoms with E-state index in [1.165, 1.54) is 25.3 Å². The Morgan fingerprint density at radius 2 is 1.80 bits per heavy atom. The van der Waals surface area contributed by atoms with Gasteiger partial charge in [0.2, 0.25) is 0 Å². The zero-order valence-corrected chi connectivity index (χ0v) is 20.3. The van der Waals surface area contributed by atoms with Gasteiger partial charge >= 0.3 is 12.8 Å². The summed E-state index contributed by atoms with van der Waals surface area (Å²) in [5.41, 5.74) is -4.43. The van der Waals surface area contributed by atoms with E-state index in [4.69, 9.17) is 0 Å². The van der Waals surface area contributed by atoms with Crippen LogP contribution in [0.2, 0.25) is 0 Å². The summed E-state index contributed by atoms with van der Waals surface area (Å²) in [6.45, 7) is -2.19. The van der Waals surface area contributed by atoms with Crippen molar-refractivity contribution in [3.8, 4) is 17.1 Å². The summed E-state index contributed by atoms with van der Waals surface area (Å²) in [6.07, 6.45) is -3.13. The largest absolute Gasteiger partial charge is 0.432 e. The third kappa shape index (κ3) is 6.38. The van der Waals surface area contributed by atoms with E-state index >= 15 is 0 Å². The fraction of sp³-hybridized carbons (Fsp3) is 0.292. The lowest BCUT2D eigenvalue weighted by molar-refractivity contribution is -0.138. The molecule has 0 saturated carbocycles. The summed E-state index contributed by atoms with van der Waals surface area (Å²) in [5.74, 6) is -1.38. The highest BCUT2D eigenvalue weighted by Gasteiger charge is 2.37. The molecule has 9 nitrogen and oxygen atoms in total. The topological polar surface area (TPSA) is 115 Å². The number of hydrogen-bond donors (Lipinski definition) is 2. The van der Waals surface area contributed by atoms with Crippen molar-refractivity contribution in [2.45, 2.75) is 44.9 Å². The molecule has 4 rings (SSSR count). The second-order valence-corrected chi connectivity index (χ2v) is 8.68. The van der Waals surface area contributed by atoms with Crippen LogP contribution in [-0.4, -0.2) is 43.6 Å². The smallest absolute Gasteiger partial charge is 0.423 e. The van der Waals surface area contributed by atoms with Crippen LogP contribution in [0.4, 0.5) is 36.4 Å². The number of alkyl halides is 6. The second kappa shape index (κ2) is 11.3. The summed E-state index contributed by atoms with van der Waals surface area (Å²) in [5, 5.41) is 7.63. The fourth-order valence-corrected chi connectivity index (χ4v) is 4.02. The van der Waals surface area contributed by atoms with Gasteiger partial charge in [-0.25, -0.2) is 23.8 Å². The Labute approximate surface area is 219 Å². The highest BCUT2D eigenvalue weighted by molar-refractivity contribution is 5.86. The highest BCUT2D eigenvalue weighted by Crippen LogP contribution is 2.32. The monoisotopic (exact) mass is 572 g/mol. The molecule has 2 N–H and O–H groups in total. The molecule has 0 amide bonds. The molecule has 3 heterocycles. The molecule has 212 valence electrons. The van der Waals surface area contributed by atoms with E-state index in [9.17, 15) is 40.3 Å². The SMILES string of the molecule is C[C@H](C[C@@H](F)Cn1ccc2cc(-c3ncc(OC(F)F)cn3)c(F)cc2c1=O)Nc1cn[nH]c(=O)c1C(F)(F)F. The molecule has 0 aliphatic rings. The van der Waals surface area contributed by atoms with Crippen molar-refractivity contribution < 1.29 is 35.5 Å². The third-order valence-corrected chi connectivity index (χ3v) is 5.70. The fourth-order valence-electron chi connectivity index (χ4n) is 4.02. The Hall–Kier alpha value is -4.50. The van der Waals surface area contributed by atoms with Gasteiger partial charge in [-0.1, -0.05) is 0 Å². The quantitative estimate of drug-likeness (QED) is 0.283. The number of nitrogens with one attached hydrogen (secondary N) is 2. The van der Waals surface area contributed by atoms with Crippen LogP contribution < -0.4 is 21.2 Å². The average Bonchev–Trinajstić information content (AvgIpc) is 2.85. The zero-order chi connectivity index (χ0) is 29.2. The molecule has 0 aliphatic carbocycles. The van der Waals surface area contributed by atoms with Gasteiger partial charge in [-0.2, -0.15) is 27.1 Å². The molecular formula is C24H19F7N6O3. The summed E-state index contributed by atoms with van der Waals surface area (Å²) in [4.78, 5) is 32.1. The molecule has 16 heteroatoms. The number of fused-ring (bicyclic) bond motifs is 1. The molecule has 2 atom stereocenters. The van der Waals surface area contributed by atoms with Crippen LogP contribution in [0.25, 0.3) is 22.2 Å². The number of pyridine rings is 1. The van der Waals surface area contributed by atoms with Gasteiger partial charge in [0.15, 0.2) is 11.6 Å². The van der Waals surface area contributed by atoms with Crippen molar-refractivity contribution in [1.29, 1.82) is 0 Å². The lowest BCUT2D eigenvalue weighted by Crippen LogP contribution is -2.30. The summed E-state index contributed by atoms with van der Waals surface area (Å²) in [6, 6.07) is 2.70. The van der Waals surface area contributed by atoms with Crippen molar-refractivity contribution in [1.82, 2.24) is 24.7 Å². The van der Waals surface area contributed by atoms with Gasteiger partial charge in [-0.3, -0.25) is 9.59 Å². The van der Waals surface area contributed by atoms with Crippen LogP contribution in [0.15, 0.2) is 52.6 Å². The van der Waals surface area contributed by atoms with Gasteiger partial charge in [0.05, 0.1) is 41.8 Å². The van der Waals surface area contributed by atoms with Crippen molar-refractivity contribution >= 4 is 16.5 Å². The minimum atomic E-state index is -4.97. The molecule has 40 heavy (non-hydrogen) atoms. The molecule has 1 aromatic carbocycles. The van der Waals surface area contributed by atoms with E-state index < -0.39 is 59.7 Å². The van der Waals surface area contributed by atoms with E-state index in [0.717, 1.165) is 29.2 Å². The van der Waals surface area contributed by atoms with Crippen LogP contribution in [-0.2, 0) is 12.7 Å². The van der Waals surface area contributed by atoms with Crippen molar-refractivity contribution in [2.24, 2.45) is 0 Å². The normalized spacial score (nSPS) is 13.4. The van der Waals surface area contributed by atoms with E-state index in [1.54, 1.807) is 5.10 Å². The van der Waals surface area contributed by atoms with Crippen molar-refractivity contribution in [2.75, 3.05) is 5.32 Å². The summed E-state index contributed by atoms with van der Waals surface area (Å²) >= 11 is 0. The summed E-state index contributed by atoms with van der Waals surface area (Å²) < 4.78 is 99.1. The van der Waals surface area contributed by atoms with Gasteiger partial charge in [-0.05, 0) is 30.5 Å². The van der Waals surface area contributed by atoms with Gasteiger partial charge in [-0.15, -0.1) is 0 Å². The maximum absolute atomic E-state index is 14.9. The lowest BCUT2D eigenvalue weighted by Gasteiger charge is -2.20. The number of ether oxygens (including phenoxy) is 1. The Balaban J connectivity index is 1.50. The Morgan fingerprint density at radius 3 is 2.45 bits per heavy atom. The minimum Gasteiger partial charge on any atom is -0.432 e. The minimum absolute atomic E-state index is 0.0934. The number of nitrogens with zero attached hydrogens (tertiary/aromatic N) is 4. The van der Waals surface area contributed by atoms with Crippen LogP contribution in [0.3, 0.4) is 0 Å². The van der Waals surface area contributed by atoms with Gasteiger partial charge in [0.1, 0.15) is 17.6 Å². The zero-order valence-electron chi connectivity index (χ0n) is 20.3. The number of anilines is 1. The molecule has 0 saturated heterocycles. The average molecular weight is 572 g/mol. The van der Waals surface area contributed by atoms with Crippen molar-refractivity contribution in [3.05, 3.63) is 75.1 Å². The van der Waals surface area contributed by atoms with E-state index in [2.05, 4.69) is 25.1 Å². The van der Waals surface area contributed by atoms with Crippen LogP contribution in [0.5, 0.6) is 5.75 Å². The molecule has 3 aromatic heterocycles. The molecule has 0 bridgehead atoms. The Bertz CT molecular complexity index is 1620. The van der Waals surface area contributed by atoms with Gasteiger partial charge < -0.3 is 14.6 Å². The first-order chi connectivity index (χ1) is 18.8. The summed E-state index contributed by atoms with van der Waals surface area (Å²) in [7, 11) is 0. The first kappa shape index (κ1) is 28.5. The third-order valence-electron chi connectivity index (χ3n) is 5.70. The van der Waals surface area contributed by atoms with Crippen LogP contribution >= 0.6 is 0 Å². The second-order valence-electron chi connectivity index (χ2n) is 8.68. The maximum Gasteiger partial charge on any atom is 0.423 e. The predicted octanol–water partition coefficient (Wildman–Crippen LogP) is 4.53. The van der Waals surface area contributed by atoms with E-state index in [-0.39, 0.29) is 34.3 Å². The maximum atomic E-state index is 14.9. The number of rotatable bonds is 9. The number of H-pyrrole nitrogens is 1. The number of hydrogen-bond acceptors (Lipinski definition) is 7. The lowest BCUT2D eigenvalue weighted by atomic mass is 10.1. The van der Waals surface area contributed by atoms with Gasteiger partial charge in [0.25, 0.3) is 11.1 Å². The molecule has 0 unspecified atom stereocenters. The van der Waals surface area contributed by atoms with E-state index in [1.807, 2.05) is 0 Å².